The van der Waals surface area contributed by atoms with E-state index in [1.54, 1.807) is 19.4 Å². The van der Waals surface area contributed by atoms with Gasteiger partial charge < -0.3 is 10.5 Å². The molecule has 0 radical (unpaired) electrons. The fraction of sp³-hybridized carbons (Fsp3) is 0.667. The highest BCUT2D eigenvalue weighted by Crippen LogP contribution is 2.46. The molecule has 1 aromatic rings. The lowest BCUT2D eigenvalue weighted by Gasteiger charge is -2.46. The molecule has 1 fully saturated rings. The average molecular weight is 266 g/mol. The Morgan fingerprint density at radius 3 is 2.47 bits per heavy atom. The molecule has 1 aliphatic rings. The summed E-state index contributed by atoms with van der Waals surface area (Å²) in [5.74, 6) is -0.351. The molecule has 0 saturated heterocycles. The molecule has 1 atom stereocenters. The van der Waals surface area contributed by atoms with Crippen LogP contribution in [0.1, 0.15) is 51.1 Å². The SMILES string of the molecule is COC1(C(N)c2ccncc2F)CCC(C)(C)CC1. The van der Waals surface area contributed by atoms with Crippen molar-refractivity contribution < 1.29 is 9.13 Å². The van der Waals surface area contributed by atoms with Gasteiger partial charge in [-0.25, -0.2) is 4.39 Å². The van der Waals surface area contributed by atoms with Gasteiger partial charge in [0.05, 0.1) is 17.8 Å². The number of methoxy groups -OCH3 is 1. The first-order valence-electron chi connectivity index (χ1n) is 6.80. The Bertz CT molecular complexity index is 438. The third-order valence-corrected chi connectivity index (χ3v) is 4.56. The van der Waals surface area contributed by atoms with Gasteiger partial charge in [-0.2, -0.15) is 0 Å². The van der Waals surface area contributed by atoms with Gasteiger partial charge in [0, 0.05) is 18.9 Å². The van der Waals surface area contributed by atoms with Gasteiger partial charge in [-0.15, -0.1) is 0 Å². The first-order chi connectivity index (χ1) is 8.90. The highest BCUT2D eigenvalue weighted by atomic mass is 19.1. The Hall–Kier alpha value is -1.00. The minimum absolute atomic E-state index is 0.318. The fourth-order valence-corrected chi connectivity index (χ4v) is 2.91. The van der Waals surface area contributed by atoms with Crippen molar-refractivity contribution in [1.82, 2.24) is 4.98 Å². The van der Waals surface area contributed by atoms with E-state index in [1.807, 2.05) is 0 Å². The molecular formula is C15H23FN2O. The van der Waals surface area contributed by atoms with Crippen molar-refractivity contribution >= 4 is 0 Å². The van der Waals surface area contributed by atoms with Gasteiger partial charge in [-0.3, -0.25) is 4.98 Å². The first kappa shape index (κ1) is 14.4. The van der Waals surface area contributed by atoms with E-state index in [0.29, 0.717) is 11.0 Å². The summed E-state index contributed by atoms with van der Waals surface area (Å²) in [5.41, 5.74) is 6.67. The molecule has 0 aliphatic heterocycles. The molecule has 1 saturated carbocycles. The molecule has 1 heterocycles. The van der Waals surface area contributed by atoms with E-state index in [9.17, 15) is 4.39 Å². The molecule has 0 spiro atoms. The van der Waals surface area contributed by atoms with E-state index in [2.05, 4.69) is 18.8 Å². The maximum absolute atomic E-state index is 13.9. The lowest BCUT2D eigenvalue weighted by atomic mass is 9.67. The molecule has 2 rings (SSSR count). The highest BCUT2D eigenvalue weighted by molar-refractivity contribution is 5.21. The van der Waals surface area contributed by atoms with Crippen molar-refractivity contribution in [3.8, 4) is 0 Å². The number of halogens is 1. The summed E-state index contributed by atoms with van der Waals surface area (Å²) in [6.07, 6.45) is 6.60. The number of nitrogens with zero attached hydrogens (tertiary/aromatic N) is 1. The number of aromatic nitrogens is 1. The molecule has 106 valence electrons. The number of hydrogen-bond acceptors (Lipinski definition) is 3. The van der Waals surface area contributed by atoms with Crippen LogP contribution in [0.25, 0.3) is 0 Å². The molecule has 4 heteroatoms. The Kier molecular flexibility index (Phi) is 3.92. The van der Waals surface area contributed by atoms with Crippen molar-refractivity contribution in [1.29, 1.82) is 0 Å². The van der Waals surface area contributed by atoms with E-state index < -0.39 is 11.6 Å². The Labute approximate surface area is 114 Å². The maximum atomic E-state index is 13.9. The van der Waals surface area contributed by atoms with Gasteiger partial charge in [0.25, 0.3) is 0 Å². The lowest BCUT2D eigenvalue weighted by Crippen LogP contribution is -2.47. The summed E-state index contributed by atoms with van der Waals surface area (Å²) < 4.78 is 19.6. The van der Waals surface area contributed by atoms with Crippen LogP contribution in [-0.2, 0) is 4.74 Å². The van der Waals surface area contributed by atoms with E-state index in [4.69, 9.17) is 10.5 Å². The van der Waals surface area contributed by atoms with E-state index in [-0.39, 0.29) is 5.82 Å². The topological polar surface area (TPSA) is 48.1 Å². The zero-order valence-corrected chi connectivity index (χ0v) is 11.9. The minimum Gasteiger partial charge on any atom is -0.376 e. The van der Waals surface area contributed by atoms with Crippen molar-refractivity contribution in [2.45, 2.75) is 51.2 Å². The molecule has 1 unspecified atom stereocenters. The van der Waals surface area contributed by atoms with Crippen LogP contribution in [0, 0.1) is 11.2 Å². The molecule has 19 heavy (non-hydrogen) atoms. The molecular weight excluding hydrogens is 243 g/mol. The van der Waals surface area contributed by atoms with E-state index >= 15 is 0 Å². The predicted molar refractivity (Wildman–Crippen MR) is 73.1 cm³/mol. The second kappa shape index (κ2) is 5.17. The Morgan fingerprint density at radius 1 is 1.32 bits per heavy atom. The molecule has 1 aliphatic carbocycles. The second-order valence-corrected chi connectivity index (χ2v) is 6.31. The summed E-state index contributed by atoms with van der Waals surface area (Å²) in [6.45, 7) is 4.51. The van der Waals surface area contributed by atoms with Crippen LogP contribution in [0.2, 0.25) is 0 Å². The van der Waals surface area contributed by atoms with Gasteiger partial charge in [0.1, 0.15) is 5.82 Å². The molecule has 0 aromatic carbocycles. The standard InChI is InChI=1S/C15H23FN2O/c1-14(2)5-7-15(19-3,8-6-14)13(17)11-4-9-18-10-12(11)16/h4,9-10,13H,5-8,17H2,1-3H3. The van der Waals surface area contributed by atoms with Crippen LogP contribution in [-0.4, -0.2) is 17.7 Å². The Balaban J connectivity index is 2.25. The van der Waals surface area contributed by atoms with Crippen molar-refractivity contribution in [2.75, 3.05) is 7.11 Å². The number of nitrogens with two attached hydrogens (primary N) is 1. The summed E-state index contributed by atoms with van der Waals surface area (Å²) in [6, 6.07) is 1.21. The van der Waals surface area contributed by atoms with Gasteiger partial charge in [0.15, 0.2) is 0 Å². The van der Waals surface area contributed by atoms with Crippen LogP contribution in [0.3, 0.4) is 0 Å². The van der Waals surface area contributed by atoms with E-state index in [1.165, 1.54) is 6.20 Å². The van der Waals surface area contributed by atoms with Crippen molar-refractivity contribution in [3.63, 3.8) is 0 Å². The third-order valence-electron chi connectivity index (χ3n) is 4.56. The third kappa shape index (κ3) is 2.79. The van der Waals surface area contributed by atoms with Gasteiger partial charge in [0.2, 0.25) is 0 Å². The summed E-state index contributed by atoms with van der Waals surface area (Å²) >= 11 is 0. The van der Waals surface area contributed by atoms with Crippen molar-refractivity contribution in [2.24, 2.45) is 11.1 Å². The Morgan fingerprint density at radius 2 is 1.95 bits per heavy atom. The maximum Gasteiger partial charge on any atom is 0.146 e. The van der Waals surface area contributed by atoms with Crippen LogP contribution in [0.4, 0.5) is 4.39 Å². The van der Waals surface area contributed by atoms with Crippen LogP contribution < -0.4 is 5.73 Å². The molecule has 0 amide bonds. The summed E-state index contributed by atoms with van der Waals surface area (Å²) in [5, 5.41) is 0. The molecule has 3 nitrogen and oxygen atoms in total. The monoisotopic (exact) mass is 266 g/mol. The molecule has 1 aromatic heterocycles. The van der Waals surface area contributed by atoms with E-state index in [0.717, 1.165) is 25.7 Å². The molecule has 0 bridgehead atoms. The average Bonchev–Trinajstić information content (AvgIpc) is 2.39. The summed E-state index contributed by atoms with van der Waals surface area (Å²) in [4.78, 5) is 3.77. The van der Waals surface area contributed by atoms with Gasteiger partial charge >= 0.3 is 0 Å². The number of rotatable bonds is 3. The zero-order valence-electron chi connectivity index (χ0n) is 11.9. The van der Waals surface area contributed by atoms with Gasteiger partial charge in [-0.1, -0.05) is 13.8 Å². The zero-order chi connectivity index (χ0) is 14.1. The quantitative estimate of drug-likeness (QED) is 0.914. The number of hydrogen-bond donors (Lipinski definition) is 1. The van der Waals surface area contributed by atoms with Crippen LogP contribution in [0.5, 0.6) is 0 Å². The van der Waals surface area contributed by atoms with Crippen LogP contribution in [0.15, 0.2) is 18.5 Å². The summed E-state index contributed by atoms with van der Waals surface area (Å²) in [7, 11) is 1.68. The molecule has 2 N–H and O–H groups in total. The minimum atomic E-state index is -0.461. The highest BCUT2D eigenvalue weighted by Gasteiger charge is 2.44. The van der Waals surface area contributed by atoms with Crippen LogP contribution >= 0.6 is 0 Å². The smallest absolute Gasteiger partial charge is 0.146 e. The first-order valence-corrected chi connectivity index (χ1v) is 6.80. The second-order valence-electron chi connectivity index (χ2n) is 6.31. The fourth-order valence-electron chi connectivity index (χ4n) is 2.91. The number of pyridine rings is 1. The largest absolute Gasteiger partial charge is 0.376 e. The lowest BCUT2D eigenvalue weighted by molar-refractivity contribution is -0.0800. The van der Waals surface area contributed by atoms with Crippen molar-refractivity contribution in [3.05, 3.63) is 29.8 Å². The predicted octanol–water partition coefficient (Wildman–Crippen LogP) is 3.21. The van der Waals surface area contributed by atoms with Gasteiger partial charge in [-0.05, 0) is 37.2 Å². The number of ether oxygens (including phenoxy) is 1. The normalized spacial score (nSPS) is 23.0.